The molecule has 0 aliphatic heterocycles. The molecule has 0 unspecified atom stereocenters. The first kappa shape index (κ1) is 18.5. The van der Waals surface area contributed by atoms with Gasteiger partial charge < -0.3 is 11.1 Å². The van der Waals surface area contributed by atoms with Crippen molar-refractivity contribution in [3.8, 4) is 11.1 Å². The van der Waals surface area contributed by atoms with Crippen LogP contribution in [0.25, 0.3) is 11.1 Å². The maximum absolute atomic E-state index is 14.2. The number of rotatable bonds is 4. The molecule has 3 aromatic rings. The fourth-order valence-corrected chi connectivity index (χ4v) is 2.64. The van der Waals surface area contributed by atoms with Gasteiger partial charge in [0.15, 0.2) is 5.78 Å². The van der Waals surface area contributed by atoms with Gasteiger partial charge in [0.1, 0.15) is 17.5 Å². The minimum Gasteiger partial charge on any atom is -0.383 e. The van der Waals surface area contributed by atoms with E-state index in [0.717, 1.165) is 0 Å². The van der Waals surface area contributed by atoms with Crippen LogP contribution < -0.4 is 11.1 Å². The molecule has 5 nitrogen and oxygen atoms in total. The number of nitrogen functional groups attached to an aromatic ring is 1. The summed E-state index contributed by atoms with van der Waals surface area (Å²) in [6, 6.07) is 13.5. The summed E-state index contributed by atoms with van der Waals surface area (Å²) < 4.78 is 14.2. The second-order valence-electron chi connectivity index (χ2n) is 5.84. The number of amides is 1. The van der Waals surface area contributed by atoms with E-state index < -0.39 is 5.82 Å². The largest absolute Gasteiger partial charge is 0.383 e. The van der Waals surface area contributed by atoms with E-state index in [9.17, 15) is 14.0 Å². The molecule has 0 spiro atoms. The second-order valence-corrected chi connectivity index (χ2v) is 6.28. The fraction of sp³-hybridized carbons (Fsp3) is 0.0500. The van der Waals surface area contributed by atoms with Crippen molar-refractivity contribution in [1.29, 1.82) is 0 Å². The number of nitrogens with two attached hydrogens (primary N) is 1. The molecule has 2 aromatic carbocycles. The summed E-state index contributed by atoms with van der Waals surface area (Å²) in [5.41, 5.74) is 7.23. The highest BCUT2D eigenvalue weighted by molar-refractivity contribution is 6.30. The zero-order valence-corrected chi connectivity index (χ0v) is 15.0. The molecule has 1 aromatic heterocycles. The van der Waals surface area contributed by atoms with E-state index in [4.69, 9.17) is 17.3 Å². The predicted octanol–water partition coefficient (Wildman–Crippen LogP) is 4.58. The highest BCUT2D eigenvalue weighted by Gasteiger charge is 2.14. The average Bonchev–Trinajstić information content (AvgIpc) is 2.63. The molecule has 0 saturated heterocycles. The Balaban J connectivity index is 1.88. The zero-order valence-electron chi connectivity index (χ0n) is 14.3. The number of nitrogens with one attached hydrogen (secondary N) is 1. The summed E-state index contributed by atoms with van der Waals surface area (Å²) >= 11 is 5.80. The van der Waals surface area contributed by atoms with Gasteiger partial charge in [-0.1, -0.05) is 11.6 Å². The molecule has 7 heteroatoms. The topological polar surface area (TPSA) is 85.1 Å². The monoisotopic (exact) mass is 383 g/mol. The molecule has 0 atom stereocenters. The van der Waals surface area contributed by atoms with Crippen molar-refractivity contribution >= 4 is 34.9 Å². The Morgan fingerprint density at radius 3 is 2.30 bits per heavy atom. The van der Waals surface area contributed by atoms with E-state index in [-0.39, 0.29) is 28.9 Å². The van der Waals surface area contributed by atoms with Gasteiger partial charge in [-0.2, -0.15) is 0 Å². The number of hydrogen-bond donors (Lipinski definition) is 2. The number of pyridine rings is 1. The van der Waals surface area contributed by atoms with E-state index in [1.165, 1.54) is 31.2 Å². The molecule has 0 aliphatic carbocycles. The van der Waals surface area contributed by atoms with Gasteiger partial charge in [-0.15, -0.1) is 0 Å². The number of nitrogens with zero attached hydrogens (tertiary/aromatic N) is 1. The first-order chi connectivity index (χ1) is 12.8. The first-order valence-electron chi connectivity index (χ1n) is 7.99. The Bertz CT molecular complexity index is 1040. The molecule has 3 N–H and O–H groups in total. The van der Waals surface area contributed by atoms with Gasteiger partial charge in [0.05, 0.1) is 0 Å². The number of anilines is 2. The van der Waals surface area contributed by atoms with E-state index in [0.29, 0.717) is 21.7 Å². The number of benzene rings is 2. The molecule has 0 aliphatic rings. The second kappa shape index (κ2) is 7.55. The van der Waals surface area contributed by atoms with E-state index in [1.54, 1.807) is 30.3 Å². The van der Waals surface area contributed by atoms with Crippen molar-refractivity contribution in [3.63, 3.8) is 0 Å². The van der Waals surface area contributed by atoms with Gasteiger partial charge in [0.2, 0.25) is 0 Å². The molecular formula is C20H15ClFN3O2. The Labute approximate surface area is 160 Å². The van der Waals surface area contributed by atoms with Gasteiger partial charge in [-0.25, -0.2) is 9.37 Å². The number of aromatic nitrogens is 1. The summed E-state index contributed by atoms with van der Waals surface area (Å²) in [7, 11) is 0. The van der Waals surface area contributed by atoms with Crippen LogP contribution in [0.3, 0.4) is 0 Å². The summed E-state index contributed by atoms with van der Waals surface area (Å²) in [6.07, 6.45) is 0. The number of halogens is 2. The minimum atomic E-state index is -0.522. The molecule has 1 amide bonds. The minimum absolute atomic E-state index is 0.0310. The Morgan fingerprint density at radius 1 is 1.00 bits per heavy atom. The van der Waals surface area contributed by atoms with Crippen LogP contribution in [0, 0.1) is 5.82 Å². The first-order valence-corrected chi connectivity index (χ1v) is 8.37. The molecule has 27 heavy (non-hydrogen) atoms. The van der Waals surface area contributed by atoms with Crippen LogP contribution in [0.4, 0.5) is 16.0 Å². The highest BCUT2D eigenvalue weighted by atomic mass is 35.5. The normalized spacial score (nSPS) is 10.5. The van der Waals surface area contributed by atoms with Gasteiger partial charge in [-0.3, -0.25) is 9.59 Å². The van der Waals surface area contributed by atoms with Crippen LogP contribution in [0.2, 0.25) is 5.02 Å². The lowest BCUT2D eigenvalue weighted by atomic mass is 10.0. The standard InChI is InChI=1S/C20H15ClFN3O2/c1-11(26)13-4-8-17(22)16(10-13)15-7-9-18(24-19(15)23)25-20(27)12-2-5-14(21)6-3-12/h2-10H,1H3,(H3,23,24,25,27). The lowest BCUT2D eigenvalue weighted by Gasteiger charge is -2.10. The smallest absolute Gasteiger partial charge is 0.256 e. The summed E-state index contributed by atoms with van der Waals surface area (Å²) in [6.45, 7) is 1.40. The average molecular weight is 384 g/mol. The third-order valence-corrected chi connectivity index (χ3v) is 4.19. The quantitative estimate of drug-likeness (QED) is 0.646. The van der Waals surface area contributed by atoms with Gasteiger partial charge in [0.25, 0.3) is 5.91 Å². The van der Waals surface area contributed by atoms with Crippen LogP contribution in [0.15, 0.2) is 54.6 Å². The van der Waals surface area contributed by atoms with Crippen molar-refractivity contribution in [2.75, 3.05) is 11.1 Å². The molecule has 0 radical (unpaired) electrons. The maximum atomic E-state index is 14.2. The van der Waals surface area contributed by atoms with Crippen molar-refractivity contribution in [3.05, 3.63) is 76.6 Å². The number of carbonyl (C=O) groups excluding carboxylic acids is 2. The van der Waals surface area contributed by atoms with Crippen molar-refractivity contribution in [2.24, 2.45) is 0 Å². The predicted molar refractivity (Wildman–Crippen MR) is 103 cm³/mol. The van der Waals surface area contributed by atoms with Crippen LogP contribution >= 0.6 is 11.6 Å². The molecule has 0 saturated carbocycles. The lowest BCUT2D eigenvalue weighted by molar-refractivity contribution is 0.101. The number of Topliss-reactive ketones (excluding diaryl/α,β-unsaturated/α-hetero) is 1. The fourth-order valence-electron chi connectivity index (χ4n) is 2.51. The van der Waals surface area contributed by atoms with E-state index in [1.807, 2.05) is 0 Å². The SMILES string of the molecule is CC(=O)c1ccc(F)c(-c2ccc(NC(=O)c3ccc(Cl)cc3)nc2N)c1. The van der Waals surface area contributed by atoms with Crippen LogP contribution in [-0.2, 0) is 0 Å². The van der Waals surface area contributed by atoms with Crippen LogP contribution in [0.5, 0.6) is 0 Å². The molecule has 0 bridgehead atoms. The van der Waals surface area contributed by atoms with Crippen molar-refractivity contribution in [1.82, 2.24) is 4.98 Å². The summed E-state index contributed by atoms with van der Waals surface area (Å²) in [4.78, 5) is 27.9. The van der Waals surface area contributed by atoms with Gasteiger partial charge >= 0.3 is 0 Å². The van der Waals surface area contributed by atoms with Crippen molar-refractivity contribution < 1.29 is 14.0 Å². The zero-order chi connectivity index (χ0) is 19.6. The van der Waals surface area contributed by atoms with Crippen LogP contribution in [0.1, 0.15) is 27.6 Å². The molecule has 0 fully saturated rings. The number of carbonyl (C=O) groups is 2. The maximum Gasteiger partial charge on any atom is 0.256 e. The van der Waals surface area contributed by atoms with E-state index >= 15 is 0 Å². The third kappa shape index (κ3) is 4.12. The Hall–Kier alpha value is -3.25. The highest BCUT2D eigenvalue weighted by Crippen LogP contribution is 2.29. The third-order valence-electron chi connectivity index (χ3n) is 3.94. The number of ketones is 1. The lowest BCUT2D eigenvalue weighted by Crippen LogP contribution is -2.13. The molecule has 1 heterocycles. The number of hydrogen-bond acceptors (Lipinski definition) is 4. The van der Waals surface area contributed by atoms with Crippen molar-refractivity contribution in [2.45, 2.75) is 6.92 Å². The summed E-state index contributed by atoms with van der Waals surface area (Å²) in [5.74, 6) is -0.833. The van der Waals surface area contributed by atoms with Gasteiger partial charge in [0, 0.05) is 27.3 Å². The molecule has 3 rings (SSSR count). The van der Waals surface area contributed by atoms with E-state index in [2.05, 4.69) is 10.3 Å². The molecular weight excluding hydrogens is 369 g/mol. The Morgan fingerprint density at radius 2 is 1.67 bits per heavy atom. The summed E-state index contributed by atoms with van der Waals surface area (Å²) in [5, 5.41) is 3.14. The van der Waals surface area contributed by atoms with Crippen LogP contribution in [-0.4, -0.2) is 16.7 Å². The molecule has 136 valence electrons. The Kier molecular flexibility index (Phi) is 5.19. The van der Waals surface area contributed by atoms with Gasteiger partial charge in [-0.05, 0) is 61.5 Å².